The molecule has 1 aliphatic rings. The van der Waals surface area contributed by atoms with Crippen molar-refractivity contribution >= 4 is 85.3 Å². The highest BCUT2D eigenvalue weighted by molar-refractivity contribution is 14.1. The number of nitrogens with zero attached hydrogens (tertiary/aromatic N) is 1. The summed E-state index contributed by atoms with van der Waals surface area (Å²) < 4.78 is 2.92. The molecule has 0 aromatic heterocycles. The summed E-state index contributed by atoms with van der Waals surface area (Å²) in [7, 11) is 0. The predicted octanol–water partition coefficient (Wildman–Crippen LogP) is 2.18. The smallest absolute Gasteiger partial charge is 0.306 e. The number of rotatable bonds is 7. The molecular formula is C21H32I3N5O3. The van der Waals surface area contributed by atoms with Crippen LogP contribution in [0.25, 0.3) is 0 Å². The topological polar surface area (TPSA) is 106 Å². The quantitative estimate of drug-likeness (QED) is 0.271. The van der Waals surface area contributed by atoms with E-state index in [0.717, 1.165) is 74.3 Å². The molecule has 8 nitrogen and oxygen atoms in total. The van der Waals surface area contributed by atoms with Crippen LogP contribution in [0.3, 0.4) is 0 Å². The average Bonchev–Trinajstić information content (AvgIpc) is 2.73. The number of carbonyl (C=O) groups is 2. The fourth-order valence-corrected chi connectivity index (χ4v) is 7.52. The van der Waals surface area contributed by atoms with Gasteiger partial charge in [-0.2, -0.15) is 0 Å². The van der Waals surface area contributed by atoms with E-state index < -0.39 is 11.9 Å². The van der Waals surface area contributed by atoms with Gasteiger partial charge in [0.1, 0.15) is 0 Å². The lowest BCUT2D eigenvalue weighted by atomic mass is 9.97. The van der Waals surface area contributed by atoms with Gasteiger partial charge in [-0.3, -0.25) is 14.5 Å². The third kappa shape index (κ3) is 9.44. The van der Waals surface area contributed by atoms with E-state index in [1.165, 1.54) is 0 Å². The maximum Gasteiger partial charge on any atom is 0.306 e. The molecule has 1 atom stereocenters. The van der Waals surface area contributed by atoms with Crippen LogP contribution in [0, 0.1) is 16.6 Å². The first-order valence-corrected chi connectivity index (χ1v) is 14.1. The lowest BCUT2D eigenvalue weighted by Crippen LogP contribution is -2.44. The second-order valence-electron chi connectivity index (χ2n) is 7.73. The number of halogens is 3. The number of hydrogen-bond acceptors (Lipinski definition) is 6. The van der Waals surface area contributed by atoms with Crippen molar-refractivity contribution in [2.75, 3.05) is 64.2 Å². The number of carboxylic acids is 1. The van der Waals surface area contributed by atoms with Crippen molar-refractivity contribution in [1.82, 2.24) is 20.9 Å². The zero-order valence-corrected chi connectivity index (χ0v) is 24.8. The Labute approximate surface area is 231 Å². The molecule has 5 N–H and O–H groups in total. The van der Waals surface area contributed by atoms with Crippen molar-refractivity contribution < 1.29 is 14.7 Å². The molecule has 1 heterocycles. The lowest BCUT2D eigenvalue weighted by molar-refractivity contribution is -0.141. The summed E-state index contributed by atoms with van der Waals surface area (Å²) >= 11 is 6.74. The summed E-state index contributed by atoms with van der Waals surface area (Å²) in [6.07, 6.45) is 1.03. The minimum Gasteiger partial charge on any atom is -0.481 e. The van der Waals surface area contributed by atoms with Gasteiger partial charge >= 0.3 is 5.97 Å². The standard InChI is InChI=1S/C21H32I3N5O3/c1-2-14(21(31)32)11-15-16(22)12-17(23)20(19(15)24)28-18(30)13-29-9-7-26-5-3-25-4-6-27-8-10-29/h12,14,25-27H,2-11,13H2,1H3,(H,28,30)(H,31,32). The minimum absolute atomic E-state index is 0.0490. The molecule has 32 heavy (non-hydrogen) atoms. The van der Waals surface area contributed by atoms with Crippen LogP contribution in [0.4, 0.5) is 5.69 Å². The van der Waals surface area contributed by atoms with Gasteiger partial charge in [0.15, 0.2) is 0 Å². The fraction of sp³-hybridized carbons (Fsp3) is 0.619. The summed E-state index contributed by atoms with van der Waals surface area (Å²) in [6, 6.07) is 2.01. The molecule has 1 amide bonds. The van der Waals surface area contributed by atoms with Crippen molar-refractivity contribution in [3.8, 4) is 0 Å². The maximum absolute atomic E-state index is 12.9. The first kappa shape index (κ1) is 28.4. The summed E-state index contributed by atoms with van der Waals surface area (Å²) in [4.78, 5) is 26.7. The van der Waals surface area contributed by atoms with Crippen LogP contribution in [-0.2, 0) is 16.0 Å². The summed E-state index contributed by atoms with van der Waals surface area (Å²) in [5.41, 5.74) is 1.77. The molecule has 1 saturated heterocycles. The van der Waals surface area contributed by atoms with Crippen LogP contribution in [0.1, 0.15) is 18.9 Å². The van der Waals surface area contributed by atoms with Gasteiger partial charge in [-0.1, -0.05) is 6.92 Å². The summed E-state index contributed by atoms with van der Waals surface area (Å²) in [6.45, 7) is 9.21. The predicted molar refractivity (Wildman–Crippen MR) is 153 cm³/mol. The molecule has 1 aliphatic heterocycles. The van der Waals surface area contributed by atoms with Crippen molar-refractivity contribution in [2.24, 2.45) is 5.92 Å². The molecule has 180 valence electrons. The van der Waals surface area contributed by atoms with Gasteiger partial charge in [-0.15, -0.1) is 0 Å². The van der Waals surface area contributed by atoms with Gasteiger partial charge in [0.25, 0.3) is 0 Å². The van der Waals surface area contributed by atoms with E-state index in [-0.39, 0.29) is 5.91 Å². The molecule has 1 unspecified atom stereocenters. The number of aliphatic carboxylic acids is 1. The normalized spacial score (nSPS) is 17.8. The first-order valence-electron chi connectivity index (χ1n) is 10.9. The van der Waals surface area contributed by atoms with Gasteiger partial charge in [0.05, 0.1) is 18.2 Å². The Morgan fingerprint density at radius 2 is 1.59 bits per heavy atom. The number of carbonyl (C=O) groups excluding carboxylic acids is 1. The molecule has 1 aromatic carbocycles. The molecular weight excluding hydrogens is 751 g/mol. The van der Waals surface area contributed by atoms with Crippen LogP contribution < -0.4 is 21.3 Å². The molecule has 0 bridgehead atoms. The molecule has 0 spiro atoms. The highest BCUT2D eigenvalue weighted by Crippen LogP contribution is 2.33. The molecule has 0 aliphatic carbocycles. The average molecular weight is 783 g/mol. The van der Waals surface area contributed by atoms with Gasteiger partial charge in [0, 0.05) is 63.1 Å². The Balaban J connectivity index is 2.08. The number of anilines is 1. The van der Waals surface area contributed by atoms with E-state index in [1.54, 1.807) is 0 Å². The molecule has 2 rings (SSSR count). The summed E-state index contributed by atoms with van der Waals surface area (Å²) in [5, 5.41) is 22.8. The van der Waals surface area contributed by atoms with Crippen LogP contribution in [0.2, 0.25) is 0 Å². The Bertz CT molecular complexity index is 770. The molecule has 11 heteroatoms. The van der Waals surface area contributed by atoms with E-state index in [2.05, 4.69) is 93.9 Å². The highest BCUT2D eigenvalue weighted by Gasteiger charge is 2.22. The number of benzene rings is 1. The van der Waals surface area contributed by atoms with E-state index in [0.29, 0.717) is 19.4 Å². The molecule has 0 saturated carbocycles. The lowest BCUT2D eigenvalue weighted by Gasteiger charge is -2.24. The Hall–Kier alpha value is 0.190. The van der Waals surface area contributed by atoms with Crippen LogP contribution >= 0.6 is 67.8 Å². The maximum atomic E-state index is 12.9. The second-order valence-corrected chi connectivity index (χ2v) is 11.1. The first-order chi connectivity index (χ1) is 15.3. The number of nitrogens with one attached hydrogen (secondary N) is 4. The molecule has 1 aromatic rings. The number of amides is 1. The van der Waals surface area contributed by atoms with E-state index in [1.807, 2.05) is 13.0 Å². The number of carboxylic acid groups (broad SMARTS) is 1. The van der Waals surface area contributed by atoms with Gasteiger partial charge in [0.2, 0.25) is 5.91 Å². The van der Waals surface area contributed by atoms with Crippen LogP contribution in [0.15, 0.2) is 6.07 Å². The summed E-state index contributed by atoms with van der Waals surface area (Å²) in [5.74, 6) is -1.26. The third-order valence-corrected chi connectivity index (χ3v) is 8.36. The third-order valence-electron chi connectivity index (χ3n) is 5.36. The van der Waals surface area contributed by atoms with Crippen molar-refractivity contribution in [1.29, 1.82) is 0 Å². The Morgan fingerprint density at radius 3 is 2.12 bits per heavy atom. The monoisotopic (exact) mass is 783 g/mol. The fourth-order valence-electron chi connectivity index (χ4n) is 3.44. The van der Waals surface area contributed by atoms with Crippen molar-refractivity contribution in [3.05, 3.63) is 22.3 Å². The highest BCUT2D eigenvalue weighted by atomic mass is 127. The van der Waals surface area contributed by atoms with E-state index >= 15 is 0 Å². The molecule has 1 fully saturated rings. The second kappa shape index (κ2) is 15.2. The van der Waals surface area contributed by atoms with Gasteiger partial charge in [-0.25, -0.2) is 0 Å². The zero-order chi connectivity index (χ0) is 23.5. The van der Waals surface area contributed by atoms with E-state index in [9.17, 15) is 14.7 Å². The van der Waals surface area contributed by atoms with E-state index in [4.69, 9.17) is 0 Å². The number of hydrogen-bond donors (Lipinski definition) is 5. The van der Waals surface area contributed by atoms with Crippen LogP contribution in [-0.4, -0.2) is 80.8 Å². The van der Waals surface area contributed by atoms with Gasteiger partial charge < -0.3 is 26.4 Å². The SMILES string of the molecule is CCC(Cc1c(I)cc(I)c(NC(=O)CN2CCNCCNCCNCC2)c1I)C(=O)O. The Morgan fingerprint density at radius 1 is 1.03 bits per heavy atom. The molecule has 0 radical (unpaired) electrons. The Kier molecular flexibility index (Phi) is 13.5. The zero-order valence-electron chi connectivity index (χ0n) is 18.3. The largest absolute Gasteiger partial charge is 0.481 e. The van der Waals surface area contributed by atoms with Crippen molar-refractivity contribution in [3.63, 3.8) is 0 Å². The van der Waals surface area contributed by atoms with Crippen molar-refractivity contribution in [2.45, 2.75) is 19.8 Å². The minimum atomic E-state index is -0.781. The van der Waals surface area contributed by atoms with Gasteiger partial charge in [-0.05, 0) is 92.2 Å². The van der Waals surface area contributed by atoms with Crippen LogP contribution in [0.5, 0.6) is 0 Å².